The molecule has 0 aliphatic rings. The molecule has 0 radical (unpaired) electrons. The zero-order valence-electron chi connectivity index (χ0n) is 12.4. The summed E-state index contributed by atoms with van der Waals surface area (Å²) in [5.74, 6) is 0.790. The van der Waals surface area contributed by atoms with Crippen molar-refractivity contribution in [3.05, 3.63) is 23.8 Å². The highest BCUT2D eigenvalue weighted by atomic mass is 32.2. The Morgan fingerprint density at radius 1 is 1.30 bits per heavy atom. The van der Waals surface area contributed by atoms with Gasteiger partial charge in [-0.3, -0.25) is 0 Å². The summed E-state index contributed by atoms with van der Waals surface area (Å²) in [5.41, 5.74) is 0.683. The van der Waals surface area contributed by atoms with Gasteiger partial charge in [0.25, 0.3) is 0 Å². The molecule has 20 heavy (non-hydrogen) atoms. The quantitative estimate of drug-likeness (QED) is 0.664. The van der Waals surface area contributed by atoms with Crippen molar-refractivity contribution >= 4 is 10.0 Å². The molecule has 0 aliphatic carbocycles. The number of rotatable bonds is 9. The van der Waals surface area contributed by atoms with Crippen molar-refractivity contribution in [2.75, 3.05) is 12.3 Å². The van der Waals surface area contributed by atoms with Crippen LogP contribution in [-0.4, -0.2) is 36.7 Å². The molecule has 0 atom stereocenters. The Labute approximate surface area is 121 Å². The summed E-state index contributed by atoms with van der Waals surface area (Å²) in [4.78, 5) is 8.13. The number of sulfonamides is 1. The average Bonchev–Trinajstić information content (AvgIpc) is 2.36. The summed E-state index contributed by atoms with van der Waals surface area (Å²) in [5, 5.41) is 3.26. The summed E-state index contributed by atoms with van der Waals surface area (Å²) in [6.07, 6.45) is 3.13. The molecule has 1 heterocycles. The lowest BCUT2D eigenvalue weighted by molar-refractivity contribution is 0.555. The van der Waals surface area contributed by atoms with E-state index in [2.05, 4.69) is 33.9 Å². The van der Waals surface area contributed by atoms with Crippen molar-refractivity contribution in [1.29, 1.82) is 0 Å². The van der Waals surface area contributed by atoms with Crippen molar-refractivity contribution in [2.24, 2.45) is 0 Å². The van der Waals surface area contributed by atoms with E-state index < -0.39 is 10.0 Å². The van der Waals surface area contributed by atoms with E-state index in [0.717, 1.165) is 13.0 Å². The van der Waals surface area contributed by atoms with Gasteiger partial charge >= 0.3 is 0 Å². The lowest BCUT2D eigenvalue weighted by Crippen LogP contribution is -2.28. The third-order valence-corrected chi connectivity index (χ3v) is 4.11. The Bertz CT molecular complexity index is 503. The molecule has 6 nitrogen and oxygen atoms in total. The molecule has 0 amide bonds. The van der Waals surface area contributed by atoms with Crippen LogP contribution in [-0.2, 0) is 16.6 Å². The molecule has 114 valence electrons. The summed E-state index contributed by atoms with van der Waals surface area (Å²) >= 11 is 0. The minimum Gasteiger partial charge on any atom is -0.315 e. The van der Waals surface area contributed by atoms with Crippen LogP contribution in [0.3, 0.4) is 0 Å². The number of aryl methyl sites for hydroxylation is 1. The zero-order chi connectivity index (χ0) is 15.0. The van der Waals surface area contributed by atoms with E-state index in [1.54, 1.807) is 19.2 Å². The van der Waals surface area contributed by atoms with Crippen LogP contribution in [0.15, 0.2) is 12.3 Å². The maximum absolute atomic E-state index is 11.8. The second-order valence-electron chi connectivity index (χ2n) is 5.05. The van der Waals surface area contributed by atoms with Crippen molar-refractivity contribution in [3.63, 3.8) is 0 Å². The number of hydrogen-bond acceptors (Lipinski definition) is 5. The van der Waals surface area contributed by atoms with Gasteiger partial charge in [-0.1, -0.05) is 13.8 Å². The van der Waals surface area contributed by atoms with Gasteiger partial charge in [0, 0.05) is 12.2 Å². The Kier molecular flexibility index (Phi) is 7.04. The molecular formula is C13H24N4O2S. The van der Waals surface area contributed by atoms with Gasteiger partial charge in [0.2, 0.25) is 10.0 Å². The lowest BCUT2D eigenvalue weighted by Gasteiger charge is -2.09. The molecule has 7 heteroatoms. The van der Waals surface area contributed by atoms with E-state index in [0.29, 0.717) is 24.0 Å². The molecule has 0 saturated carbocycles. The summed E-state index contributed by atoms with van der Waals surface area (Å²) < 4.78 is 26.2. The highest BCUT2D eigenvalue weighted by Crippen LogP contribution is 1.98. The highest BCUT2D eigenvalue weighted by molar-refractivity contribution is 7.89. The van der Waals surface area contributed by atoms with Crippen LogP contribution in [0.1, 0.15) is 38.2 Å². The molecule has 0 saturated heterocycles. The van der Waals surface area contributed by atoms with Crippen LogP contribution in [0.5, 0.6) is 0 Å². The van der Waals surface area contributed by atoms with E-state index >= 15 is 0 Å². The van der Waals surface area contributed by atoms with Crippen LogP contribution in [0.25, 0.3) is 0 Å². The van der Waals surface area contributed by atoms with Crippen molar-refractivity contribution in [3.8, 4) is 0 Å². The SMILES string of the molecule is Cc1nccc(CNS(=O)(=O)CCCCNC(C)C)n1. The average molecular weight is 300 g/mol. The third kappa shape index (κ3) is 7.52. The van der Waals surface area contributed by atoms with Gasteiger partial charge in [-0.05, 0) is 32.4 Å². The molecule has 0 aliphatic heterocycles. The Morgan fingerprint density at radius 2 is 2.05 bits per heavy atom. The van der Waals surface area contributed by atoms with Gasteiger partial charge in [-0.15, -0.1) is 0 Å². The molecule has 0 spiro atoms. The van der Waals surface area contributed by atoms with Gasteiger partial charge in [0.05, 0.1) is 18.0 Å². The summed E-state index contributed by atoms with van der Waals surface area (Å²) in [7, 11) is -3.23. The molecule has 0 unspecified atom stereocenters. The first-order valence-corrected chi connectivity index (χ1v) is 8.53. The fraction of sp³-hybridized carbons (Fsp3) is 0.692. The second-order valence-corrected chi connectivity index (χ2v) is 6.98. The standard InChI is InChI=1S/C13H24N4O2S/c1-11(2)14-7-4-5-9-20(18,19)16-10-13-6-8-15-12(3)17-13/h6,8,11,14,16H,4-5,7,9-10H2,1-3H3. The molecule has 2 N–H and O–H groups in total. The Hall–Kier alpha value is -1.05. The van der Waals surface area contributed by atoms with Crippen LogP contribution in [0, 0.1) is 6.92 Å². The fourth-order valence-electron chi connectivity index (χ4n) is 1.67. The molecule has 1 aromatic rings. The predicted molar refractivity (Wildman–Crippen MR) is 79.8 cm³/mol. The minimum atomic E-state index is -3.23. The lowest BCUT2D eigenvalue weighted by atomic mass is 10.3. The number of aromatic nitrogens is 2. The first kappa shape index (κ1) is 17.0. The van der Waals surface area contributed by atoms with E-state index in [1.165, 1.54) is 0 Å². The van der Waals surface area contributed by atoms with Crippen LogP contribution in [0.4, 0.5) is 0 Å². The maximum atomic E-state index is 11.8. The predicted octanol–water partition coefficient (Wildman–Crippen LogP) is 0.983. The van der Waals surface area contributed by atoms with E-state index in [4.69, 9.17) is 0 Å². The first-order valence-electron chi connectivity index (χ1n) is 6.88. The van der Waals surface area contributed by atoms with Gasteiger partial charge in [-0.25, -0.2) is 23.1 Å². The van der Waals surface area contributed by atoms with Crippen LogP contribution < -0.4 is 10.0 Å². The van der Waals surface area contributed by atoms with Crippen LogP contribution in [0.2, 0.25) is 0 Å². The second kappa shape index (κ2) is 8.28. The monoisotopic (exact) mass is 300 g/mol. The van der Waals surface area contributed by atoms with Gasteiger partial charge < -0.3 is 5.32 Å². The highest BCUT2D eigenvalue weighted by Gasteiger charge is 2.10. The van der Waals surface area contributed by atoms with Crippen LogP contribution >= 0.6 is 0 Å². The first-order chi connectivity index (χ1) is 9.39. The van der Waals surface area contributed by atoms with Crippen molar-refractivity contribution in [1.82, 2.24) is 20.0 Å². The van der Waals surface area contributed by atoms with Crippen molar-refractivity contribution < 1.29 is 8.42 Å². The molecule has 0 aromatic carbocycles. The smallest absolute Gasteiger partial charge is 0.211 e. The summed E-state index contributed by atoms with van der Waals surface area (Å²) in [6.45, 7) is 6.98. The van der Waals surface area contributed by atoms with Gasteiger partial charge in [0.15, 0.2) is 0 Å². The maximum Gasteiger partial charge on any atom is 0.211 e. The van der Waals surface area contributed by atoms with Gasteiger partial charge in [-0.2, -0.15) is 0 Å². The molecule has 0 fully saturated rings. The van der Waals surface area contributed by atoms with E-state index in [9.17, 15) is 8.42 Å². The fourth-order valence-corrected chi connectivity index (χ4v) is 2.76. The van der Waals surface area contributed by atoms with E-state index in [-0.39, 0.29) is 12.3 Å². The normalized spacial score (nSPS) is 12.0. The molecular weight excluding hydrogens is 276 g/mol. The minimum absolute atomic E-state index is 0.150. The van der Waals surface area contributed by atoms with Crippen molar-refractivity contribution in [2.45, 2.75) is 46.2 Å². The summed E-state index contributed by atoms with van der Waals surface area (Å²) in [6, 6.07) is 2.15. The molecule has 1 aromatic heterocycles. The zero-order valence-corrected chi connectivity index (χ0v) is 13.2. The largest absolute Gasteiger partial charge is 0.315 e. The molecule has 1 rings (SSSR count). The van der Waals surface area contributed by atoms with E-state index in [1.807, 2.05) is 0 Å². The number of hydrogen-bond donors (Lipinski definition) is 2. The van der Waals surface area contributed by atoms with Gasteiger partial charge in [0.1, 0.15) is 5.82 Å². The Morgan fingerprint density at radius 3 is 2.70 bits per heavy atom. The molecule has 0 bridgehead atoms. The topological polar surface area (TPSA) is 84.0 Å². The third-order valence-electron chi connectivity index (χ3n) is 2.70. The number of nitrogens with one attached hydrogen (secondary N) is 2. The number of nitrogens with zero attached hydrogens (tertiary/aromatic N) is 2. The Balaban J connectivity index is 2.28. The number of unbranched alkanes of at least 4 members (excludes halogenated alkanes) is 1.